The van der Waals surface area contributed by atoms with Crippen LogP contribution >= 0.6 is 0 Å². The van der Waals surface area contributed by atoms with Crippen LogP contribution in [0.3, 0.4) is 0 Å². The molecule has 0 saturated heterocycles. The molecule has 0 aromatic heterocycles. The van der Waals surface area contributed by atoms with Crippen LogP contribution in [0, 0.1) is 11.3 Å². The highest BCUT2D eigenvalue weighted by Gasteiger charge is 1.95. The molecule has 3 heteroatoms. The van der Waals surface area contributed by atoms with Gasteiger partial charge in [0.25, 0.3) is 0 Å². The lowest BCUT2D eigenvalue weighted by atomic mass is 10.3. The zero-order valence-electron chi connectivity index (χ0n) is 6.18. The molecule has 3 nitrogen and oxygen atoms in total. The number of hydrogen-bond acceptors (Lipinski definition) is 2. The van der Waals surface area contributed by atoms with Crippen LogP contribution in [0.15, 0.2) is 0 Å². The molecule has 1 N–H and O–H groups in total. The standard InChI is InChI=1S/C7H12N2O/c1-2-3-6-9-7(10)4-5-8/h2-4,6H2,1H3,(H,9,10). The maximum Gasteiger partial charge on any atom is 0.234 e. The van der Waals surface area contributed by atoms with E-state index in [9.17, 15) is 4.79 Å². The molecule has 56 valence electrons. The molecule has 0 spiro atoms. The van der Waals surface area contributed by atoms with Crippen LogP contribution in [-0.2, 0) is 4.79 Å². The van der Waals surface area contributed by atoms with Crippen molar-refractivity contribution in [2.75, 3.05) is 6.54 Å². The Morgan fingerprint density at radius 3 is 2.90 bits per heavy atom. The highest BCUT2D eigenvalue weighted by molar-refractivity contribution is 5.77. The third-order valence-corrected chi connectivity index (χ3v) is 1.09. The fraction of sp³-hybridized carbons (Fsp3) is 0.714. The Hall–Kier alpha value is -1.04. The molecule has 0 saturated carbocycles. The van der Waals surface area contributed by atoms with Crippen molar-refractivity contribution in [3.63, 3.8) is 0 Å². The smallest absolute Gasteiger partial charge is 0.234 e. The van der Waals surface area contributed by atoms with Gasteiger partial charge in [-0.25, -0.2) is 0 Å². The van der Waals surface area contributed by atoms with E-state index in [0.717, 1.165) is 12.8 Å². The van der Waals surface area contributed by atoms with Crippen LogP contribution in [0.1, 0.15) is 26.2 Å². The summed E-state index contributed by atoms with van der Waals surface area (Å²) in [5.41, 5.74) is 0. The number of nitrogens with one attached hydrogen (secondary N) is 1. The van der Waals surface area contributed by atoms with E-state index in [4.69, 9.17) is 5.26 Å². The highest BCUT2D eigenvalue weighted by atomic mass is 16.1. The number of nitrogens with zero attached hydrogens (tertiary/aromatic N) is 1. The lowest BCUT2D eigenvalue weighted by molar-refractivity contribution is -0.120. The average molecular weight is 140 g/mol. The maximum atomic E-state index is 10.6. The molecule has 10 heavy (non-hydrogen) atoms. The molecule has 0 aromatic carbocycles. The minimum absolute atomic E-state index is 0.0241. The third-order valence-electron chi connectivity index (χ3n) is 1.09. The minimum atomic E-state index is -0.170. The summed E-state index contributed by atoms with van der Waals surface area (Å²) in [6, 6.07) is 1.78. The quantitative estimate of drug-likeness (QED) is 0.587. The van der Waals surface area contributed by atoms with E-state index >= 15 is 0 Å². The lowest BCUT2D eigenvalue weighted by Gasteiger charge is -1.98. The second kappa shape index (κ2) is 6.09. The van der Waals surface area contributed by atoms with Crippen molar-refractivity contribution in [1.29, 1.82) is 5.26 Å². The van der Waals surface area contributed by atoms with Gasteiger partial charge in [0.05, 0.1) is 6.07 Å². The zero-order chi connectivity index (χ0) is 7.82. The largest absolute Gasteiger partial charge is 0.355 e. The Kier molecular flexibility index (Phi) is 5.45. The predicted octanol–water partition coefficient (Wildman–Crippen LogP) is 0.816. The first-order chi connectivity index (χ1) is 4.81. The van der Waals surface area contributed by atoms with Gasteiger partial charge in [-0.15, -0.1) is 0 Å². The van der Waals surface area contributed by atoms with Crippen LogP contribution in [0.2, 0.25) is 0 Å². The Morgan fingerprint density at radius 1 is 1.70 bits per heavy atom. The van der Waals surface area contributed by atoms with Crippen molar-refractivity contribution in [2.24, 2.45) is 0 Å². The van der Waals surface area contributed by atoms with E-state index < -0.39 is 0 Å². The van der Waals surface area contributed by atoms with Crippen molar-refractivity contribution >= 4 is 5.91 Å². The van der Waals surface area contributed by atoms with Gasteiger partial charge < -0.3 is 5.32 Å². The Balaban J connectivity index is 3.15. The summed E-state index contributed by atoms with van der Waals surface area (Å²) in [6.45, 7) is 2.74. The van der Waals surface area contributed by atoms with E-state index in [0.29, 0.717) is 6.54 Å². The van der Waals surface area contributed by atoms with E-state index in [1.807, 2.05) is 0 Å². The predicted molar refractivity (Wildman–Crippen MR) is 38.1 cm³/mol. The molecule has 0 atom stereocenters. The molecule has 0 fully saturated rings. The van der Waals surface area contributed by atoms with Gasteiger partial charge in [-0.1, -0.05) is 13.3 Å². The molecule has 0 unspecified atom stereocenters. The molecule has 0 aliphatic carbocycles. The molecular weight excluding hydrogens is 128 g/mol. The van der Waals surface area contributed by atoms with Crippen LogP contribution < -0.4 is 5.32 Å². The number of amides is 1. The summed E-state index contributed by atoms with van der Waals surface area (Å²) < 4.78 is 0. The minimum Gasteiger partial charge on any atom is -0.355 e. The molecule has 0 bridgehead atoms. The van der Waals surface area contributed by atoms with Crippen molar-refractivity contribution in [2.45, 2.75) is 26.2 Å². The topological polar surface area (TPSA) is 52.9 Å². The maximum absolute atomic E-state index is 10.6. The summed E-state index contributed by atoms with van der Waals surface area (Å²) in [7, 11) is 0. The van der Waals surface area contributed by atoms with Gasteiger partial charge in [-0.2, -0.15) is 5.26 Å². The number of unbranched alkanes of at least 4 members (excludes halogenated alkanes) is 1. The molecule has 0 rings (SSSR count). The first-order valence-corrected chi connectivity index (χ1v) is 3.45. The van der Waals surface area contributed by atoms with Crippen molar-refractivity contribution in [1.82, 2.24) is 5.32 Å². The summed E-state index contributed by atoms with van der Waals surface area (Å²) >= 11 is 0. The summed E-state index contributed by atoms with van der Waals surface area (Å²) in [5.74, 6) is -0.170. The normalized spacial score (nSPS) is 8.40. The Labute approximate surface area is 61.0 Å². The average Bonchev–Trinajstić information content (AvgIpc) is 1.89. The molecule has 0 aromatic rings. The fourth-order valence-corrected chi connectivity index (χ4v) is 0.539. The van der Waals surface area contributed by atoms with Gasteiger partial charge in [0.15, 0.2) is 0 Å². The first kappa shape index (κ1) is 8.96. The van der Waals surface area contributed by atoms with Gasteiger partial charge >= 0.3 is 0 Å². The fourth-order valence-electron chi connectivity index (χ4n) is 0.539. The van der Waals surface area contributed by atoms with Gasteiger partial charge in [0.1, 0.15) is 6.42 Å². The molecule has 0 aliphatic rings. The lowest BCUT2D eigenvalue weighted by Crippen LogP contribution is -2.23. The molecule has 0 aliphatic heterocycles. The van der Waals surface area contributed by atoms with Gasteiger partial charge in [0, 0.05) is 6.54 Å². The number of hydrogen-bond donors (Lipinski definition) is 1. The van der Waals surface area contributed by atoms with Gasteiger partial charge in [-0.3, -0.25) is 4.79 Å². The van der Waals surface area contributed by atoms with Gasteiger partial charge in [0.2, 0.25) is 5.91 Å². The van der Waals surface area contributed by atoms with E-state index in [1.165, 1.54) is 0 Å². The second-order valence-corrected chi connectivity index (χ2v) is 2.04. The van der Waals surface area contributed by atoms with E-state index in [2.05, 4.69) is 12.2 Å². The third kappa shape index (κ3) is 5.10. The van der Waals surface area contributed by atoms with Crippen molar-refractivity contribution in [3.05, 3.63) is 0 Å². The first-order valence-electron chi connectivity index (χ1n) is 3.45. The van der Waals surface area contributed by atoms with Crippen LogP contribution in [-0.4, -0.2) is 12.5 Å². The van der Waals surface area contributed by atoms with Crippen LogP contribution in [0.4, 0.5) is 0 Å². The monoisotopic (exact) mass is 140 g/mol. The summed E-state index contributed by atoms with van der Waals surface area (Å²) in [6.07, 6.45) is 2.02. The zero-order valence-corrected chi connectivity index (χ0v) is 6.18. The highest BCUT2D eigenvalue weighted by Crippen LogP contribution is 1.83. The number of rotatable bonds is 4. The number of carbonyl (C=O) groups excluding carboxylic acids is 1. The van der Waals surface area contributed by atoms with Crippen LogP contribution in [0.5, 0.6) is 0 Å². The Bertz CT molecular complexity index is 137. The Morgan fingerprint density at radius 2 is 2.40 bits per heavy atom. The molecule has 0 radical (unpaired) electrons. The SMILES string of the molecule is CCCCNC(=O)CC#N. The van der Waals surface area contributed by atoms with Crippen molar-refractivity contribution < 1.29 is 4.79 Å². The molecule has 1 amide bonds. The number of nitriles is 1. The van der Waals surface area contributed by atoms with Gasteiger partial charge in [-0.05, 0) is 6.42 Å². The van der Waals surface area contributed by atoms with Crippen molar-refractivity contribution in [3.8, 4) is 6.07 Å². The second-order valence-electron chi connectivity index (χ2n) is 2.04. The molecule has 0 heterocycles. The summed E-state index contributed by atoms with van der Waals surface area (Å²) in [5, 5.41) is 10.7. The van der Waals surface area contributed by atoms with E-state index in [1.54, 1.807) is 6.07 Å². The van der Waals surface area contributed by atoms with Crippen LogP contribution in [0.25, 0.3) is 0 Å². The molecular formula is C7H12N2O. The van der Waals surface area contributed by atoms with E-state index in [-0.39, 0.29) is 12.3 Å². The number of carbonyl (C=O) groups is 1. The summed E-state index contributed by atoms with van der Waals surface area (Å²) in [4.78, 5) is 10.6.